The van der Waals surface area contributed by atoms with E-state index >= 15 is 0 Å². The highest BCUT2D eigenvalue weighted by Gasteiger charge is 2.26. The summed E-state index contributed by atoms with van der Waals surface area (Å²) in [5.41, 5.74) is 0. The van der Waals surface area contributed by atoms with Crippen molar-refractivity contribution >= 4 is 0 Å². The molecule has 1 saturated heterocycles. The van der Waals surface area contributed by atoms with Crippen molar-refractivity contribution < 1.29 is 0 Å². The van der Waals surface area contributed by atoms with Gasteiger partial charge in [-0.3, -0.25) is 0 Å². The Balaban J connectivity index is 2.26. The third-order valence-electron chi connectivity index (χ3n) is 2.11. The monoisotopic (exact) mass is 113 g/mol. The van der Waals surface area contributed by atoms with Crippen LogP contribution < -0.4 is 0 Å². The maximum atomic E-state index is 2.42. The lowest BCUT2D eigenvalue weighted by atomic mass is 9.93. The summed E-state index contributed by atoms with van der Waals surface area (Å²) in [6, 6.07) is 0.884. The van der Waals surface area contributed by atoms with Gasteiger partial charge < -0.3 is 4.90 Å². The topological polar surface area (TPSA) is 3.24 Å². The Hall–Kier alpha value is -0.0400. The summed E-state index contributed by atoms with van der Waals surface area (Å²) >= 11 is 0. The lowest BCUT2D eigenvalue weighted by Gasteiger charge is -2.40. The molecule has 0 radical (unpaired) electrons. The van der Waals surface area contributed by atoms with E-state index in [2.05, 4.69) is 25.8 Å². The third-order valence-corrected chi connectivity index (χ3v) is 2.11. The van der Waals surface area contributed by atoms with Crippen molar-refractivity contribution in [3.63, 3.8) is 0 Å². The predicted octanol–water partition coefficient (Wildman–Crippen LogP) is 1.35. The first-order chi connectivity index (χ1) is 3.72. The van der Waals surface area contributed by atoms with E-state index in [1.165, 1.54) is 13.0 Å². The van der Waals surface area contributed by atoms with Gasteiger partial charge in [0, 0.05) is 6.04 Å². The van der Waals surface area contributed by atoms with Gasteiger partial charge in [-0.05, 0) is 25.9 Å². The van der Waals surface area contributed by atoms with Crippen LogP contribution in [-0.2, 0) is 0 Å². The van der Waals surface area contributed by atoms with Crippen molar-refractivity contribution in [3.8, 4) is 0 Å². The van der Waals surface area contributed by atoms with E-state index in [0.717, 1.165) is 12.0 Å². The van der Waals surface area contributed by atoms with Gasteiger partial charge >= 0.3 is 0 Å². The quantitative estimate of drug-likeness (QED) is 0.496. The first-order valence-corrected chi connectivity index (χ1v) is 3.42. The normalized spacial score (nSPS) is 30.8. The van der Waals surface area contributed by atoms with E-state index in [4.69, 9.17) is 0 Å². The largest absolute Gasteiger partial charge is 0.303 e. The number of rotatable bonds is 1. The molecule has 0 spiro atoms. The van der Waals surface area contributed by atoms with E-state index in [1.807, 2.05) is 0 Å². The van der Waals surface area contributed by atoms with Crippen LogP contribution in [0.15, 0.2) is 0 Å². The summed E-state index contributed by atoms with van der Waals surface area (Å²) < 4.78 is 0. The fraction of sp³-hybridized carbons (Fsp3) is 1.00. The minimum absolute atomic E-state index is 0.855. The molecule has 0 N–H and O–H groups in total. The minimum atomic E-state index is 0.855. The average Bonchev–Trinajstić information content (AvgIpc) is 1.61. The molecule has 0 aromatic heterocycles. The Morgan fingerprint density at radius 2 is 2.12 bits per heavy atom. The van der Waals surface area contributed by atoms with Crippen LogP contribution in [0, 0.1) is 5.92 Å². The molecule has 8 heavy (non-hydrogen) atoms. The Labute approximate surface area is 51.7 Å². The second kappa shape index (κ2) is 2.06. The fourth-order valence-electron chi connectivity index (χ4n) is 1.38. The number of likely N-dealkylation sites (tertiary alicyclic amines) is 1. The molecule has 1 rings (SSSR count). The van der Waals surface area contributed by atoms with Crippen LogP contribution in [0.5, 0.6) is 0 Å². The molecule has 1 heterocycles. The summed E-state index contributed by atoms with van der Waals surface area (Å²) in [5, 5.41) is 0. The van der Waals surface area contributed by atoms with Crippen LogP contribution in [0.25, 0.3) is 0 Å². The van der Waals surface area contributed by atoms with Gasteiger partial charge in [0.05, 0.1) is 0 Å². The highest BCUT2D eigenvalue weighted by molar-refractivity contribution is 4.81. The van der Waals surface area contributed by atoms with Crippen molar-refractivity contribution in [1.29, 1.82) is 0 Å². The van der Waals surface area contributed by atoms with Gasteiger partial charge in [-0.25, -0.2) is 0 Å². The maximum absolute atomic E-state index is 2.42. The first-order valence-electron chi connectivity index (χ1n) is 3.42. The SMILES string of the molecule is CC(C)[C@H]1CCN1C. The van der Waals surface area contributed by atoms with Crippen LogP contribution in [0.1, 0.15) is 20.3 Å². The lowest BCUT2D eigenvalue weighted by molar-refractivity contribution is 0.0867. The lowest BCUT2D eigenvalue weighted by Crippen LogP contribution is -2.47. The zero-order valence-electron chi connectivity index (χ0n) is 6.02. The Morgan fingerprint density at radius 3 is 2.12 bits per heavy atom. The standard InChI is InChI=1S/C7H15N/c1-6(2)7-4-5-8(7)3/h6-7H,4-5H2,1-3H3/t7-/m1/s1. The molecule has 1 nitrogen and oxygen atoms in total. The molecule has 1 atom stereocenters. The molecule has 0 aromatic rings. The molecule has 0 aliphatic carbocycles. The maximum Gasteiger partial charge on any atom is 0.0127 e. The van der Waals surface area contributed by atoms with Gasteiger partial charge in [0.2, 0.25) is 0 Å². The molecule has 1 aliphatic heterocycles. The zero-order chi connectivity index (χ0) is 6.15. The predicted molar refractivity (Wildman–Crippen MR) is 35.9 cm³/mol. The Kier molecular flexibility index (Phi) is 1.57. The van der Waals surface area contributed by atoms with Crippen molar-refractivity contribution in [2.24, 2.45) is 5.92 Å². The van der Waals surface area contributed by atoms with Crippen molar-refractivity contribution in [1.82, 2.24) is 4.90 Å². The van der Waals surface area contributed by atoms with Crippen LogP contribution in [0.3, 0.4) is 0 Å². The van der Waals surface area contributed by atoms with Crippen LogP contribution in [0.2, 0.25) is 0 Å². The van der Waals surface area contributed by atoms with Crippen molar-refractivity contribution in [2.45, 2.75) is 26.3 Å². The molecule has 0 amide bonds. The van der Waals surface area contributed by atoms with Gasteiger partial charge in [0.1, 0.15) is 0 Å². The molecule has 1 fully saturated rings. The number of hydrogen-bond donors (Lipinski definition) is 0. The van der Waals surface area contributed by atoms with Crippen LogP contribution >= 0.6 is 0 Å². The van der Waals surface area contributed by atoms with Gasteiger partial charge in [-0.1, -0.05) is 13.8 Å². The Morgan fingerprint density at radius 1 is 1.50 bits per heavy atom. The highest BCUT2D eigenvalue weighted by Crippen LogP contribution is 2.21. The van der Waals surface area contributed by atoms with Gasteiger partial charge in [-0.2, -0.15) is 0 Å². The van der Waals surface area contributed by atoms with Crippen molar-refractivity contribution in [3.05, 3.63) is 0 Å². The summed E-state index contributed by atoms with van der Waals surface area (Å²) in [6.45, 7) is 5.89. The molecule has 48 valence electrons. The summed E-state index contributed by atoms with van der Waals surface area (Å²) in [4.78, 5) is 2.42. The fourth-order valence-corrected chi connectivity index (χ4v) is 1.38. The zero-order valence-corrected chi connectivity index (χ0v) is 6.02. The minimum Gasteiger partial charge on any atom is -0.303 e. The van der Waals surface area contributed by atoms with E-state index in [1.54, 1.807) is 0 Å². The van der Waals surface area contributed by atoms with Gasteiger partial charge in [-0.15, -0.1) is 0 Å². The summed E-state index contributed by atoms with van der Waals surface area (Å²) in [6.07, 6.45) is 1.41. The van der Waals surface area contributed by atoms with Gasteiger partial charge in [0.25, 0.3) is 0 Å². The molecular formula is C7H15N. The van der Waals surface area contributed by atoms with E-state index in [-0.39, 0.29) is 0 Å². The Bertz CT molecular complexity index is 73.7. The van der Waals surface area contributed by atoms with E-state index < -0.39 is 0 Å². The number of nitrogens with zero attached hydrogens (tertiary/aromatic N) is 1. The van der Waals surface area contributed by atoms with Crippen molar-refractivity contribution in [2.75, 3.05) is 13.6 Å². The van der Waals surface area contributed by atoms with E-state index in [9.17, 15) is 0 Å². The summed E-state index contributed by atoms with van der Waals surface area (Å²) in [5.74, 6) is 0.855. The second-order valence-electron chi connectivity index (χ2n) is 3.08. The number of hydrogen-bond acceptors (Lipinski definition) is 1. The molecule has 1 heteroatoms. The second-order valence-corrected chi connectivity index (χ2v) is 3.08. The van der Waals surface area contributed by atoms with Gasteiger partial charge in [0.15, 0.2) is 0 Å². The average molecular weight is 113 g/mol. The molecule has 0 bridgehead atoms. The van der Waals surface area contributed by atoms with Crippen LogP contribution in [0.4, 0.5) is 0 Å². The highest BCUT2D eigenvalue weighted by atomic mass is 15.2. The van der Waals surface area contributed by atoms with Crippen LogP contribution in [-0.4, -0.2) is 24.5 Å². The summed E-state index contributed by atoms with van der Waals surface area (Å²) in [7, 11) is 2.20. The van der Waals surface area contributed by atoms with E-state index in [0.29, 0.717) is 0 Å². The molecule has 0 unspecified atom stereocenters. The molecule has 0 saturated carbocycles. The molecule has 0 aromatic carbocycles. The molecular weight excluding hydrogens is 98.1 g/mol. The smallest absolute Gasteiger partial charge is 0.0127 e. The first kappa shape index (κ1) is 6.09. The molecule has 1 aliphatic rings. The third kappa shape index (κ3) is 0.873.